The van der Waals surface area contributed by atoms with Crippen LogP contribution in [0.1, 0.15) is 30.9 Å². The molecular weight excluding hydrogens is 194 g/mol. The fourth-order valence-corrected chi connectivity index (χ4v) is 2.61. The standard InChI is InChI=1S/C15H23N/c1-13-9-11-16(12-13)10-5-8-15-7-4-3-6-14(15)2/h3-4,6-7,13H,5,8-12H2,1-2H3. The number of rotatable bonds is 4. The lowest BCUT2D eigenvalue weighted by atomic mass is 10.0. The van der Waals surface area contributed by atoms with Crippen molar-refractivity contribution in [2.24, 2.45) is 5.92 Å². The fraction of sp³-hybridized carbons (Fsp3) is 0.600. The molecule has 0 spiro atoms. The summed E-state index contributed by atoms with van der Waals surface area (Å²) < 4.78 is 0. The zero-order valence-electron chi connectivity index (χ0n) is 10.6. The predicted molar refractivity (Wildman–Crippen MR) is 69.7 cm³/mol. The summed E-state index contributed by atoms with van der Waals surface area (Å²) in [5.74, 6) is 0.915. The van der Waals surface area contributed by atoms with Crippen LogP contribution in [0, 0.1) is 12.8 Å². The normalized spacial score (nSPS) is 21.5. The van der Waals surface area contributed by atoms with E-state index in [9.17, 15) is 0 Å². The third kappa shape index (κ3) is 3.08. The van der Waals surface area contributed by atoms with Crippen LogP contribution in [-0.2, 0) is 6.42 Å². The lowest BCUT2D eigenvalue weighted by molar-refractivity contribution is 0.323. The van der Waals surface area contributed by atoms with Gasteiger partial charge in [0.15, 0.2) is 0 Å². The second-order valence-corrected chi connectivity index (χ2v) is 5.22. The molecule has 1 aromatic carbocycles. The third-order valence-corrected chi connectivity index (χ3v) is 3.69. The number of benzene rings is 1. The monoisotopic (exact) mass is 217 g/mol. The van der Waals surface area contributed by atoms with E-state index in [2.05, 4.69) is 43.0 Å². The topological polar surface area (TPSA) is 3.24 Å². The lowest BCUT2D eigenvalue weighted by Gasteiger charge is -2.15. The Bertz CT molecular complexity index is 332. The Morgan fingerprint density at radius 3 is 2.81 bits per heavy atom. The molecule has 1 fully saturated rings. The summed E-state index contributed by atoms with van der Waals surface area (Å²) >= 11 is 0. The van der Waals surface area contributed by atoms with Crippen molar-refractivity contribution >= 4 is 0 Å². The minimum Gasteiger partial charge on any atom is -0.303 e. The highest BCUT2D eigenvalue weighted by Crippen LogP contribution is 2.16. The fourth-order valence-electron chi connectivity index (χ4n) is 2.61. The van der Waals surface area contributed by atoms with Crippen molar-refractivity contribution in [3.8, 4) is 0 Å². The van der Waals surface area contributed by atoms with E-state index in [-0.39, 0.29) is 0 Å². The van der Waals surface area contributed by atoms with Crippen molar-refractivity contribution in [1.29, 1.82) is 0 Å². The molecule has 0 radical (unpaired) electrons. The molecular formula is C15H23N. The second kappa shape index (κ2) is 5.49. The van der Waals surface area contributed by atoms with Gasteiger partial charge in [-0.3, -0.25) is 0 Å². The van der Waals surface area contributed by atoms with Gasteiger partial charge in [-0.2, -0.15) is 0 Å². The molecule has 0 amide bonds. The quantitative estimate of drug-likeness (QED) is 0.748. The van der Waals surface area contributed by atoms with E-state index >= 15 is 0 Å². The molecule has 1 atom stereocenters. The van der Waals surface area contributed by atoms with Crippen LogP contribution in [0.4, 0.5) is 0 Å². The van der Waals surface area contributed by atoms with Crippen molar-refractivity contribution in [1.82, 2.24) is 4.90 Å². The van der Waals surface area contributed by atoms with Crippen LogP contribution in [0.2, 0.25) is 0 Å². The molecule has 0 saturated carbocycles. The number of nitrogens with zero attached hydrogens (tertiary/aromatic N) is 1. The number of aryl methyl sites for hydroxylation is 2. The maximum atomic E-state index is 2.61. The minimum atomic E-state index is 0.915. The first-order valence-corrected chi connectivity index (χ1v) is 6.52. The molecule has 1 aliphatic rings. The Morgan fingerprint density at radius 1 is 1.31 bits per heavy atom. The van der Waals surface area contributed by atoms with Gasteiger partial charge in [-0.05, 0) is 56.3 Å². The molecule has 2 rings (SSSR count). The van der Waals surface area contributed by atoms with E-state index < -0.39 is 0 Å². The van der Waals surface area contributed by atoms with Gasteiger partial charge in [0.25, 0.3) is 0 Å². The Kier molecular flexibility index (Phi) is 4.00. The molecule has 16 heavy (non-hydrogen) atoms. The maximum absolute atomic E-state index is 2.61. The summed E-state index contributed by atoms with van der Waals surface area (Å²) in [5.41, 5.74) is 2.96. The van der Waals surface area contributed by atoms with Gasteiger partial charge < -0.3 is 4.90 Å². The van der Waals surface area contributed by atoms with Crippen molar-refractivity contribution in [2.75, 3.05) is 19.6 Å². The zero-order valence-corrected chi connectivity index (χ0v) is 10.6. The molecule has 1 heteroatoms. The van der Waals surface area contributed by atoms with E-state index in [0.29, 0.717) is 0 Å². The van der Waals surface area contributed by atoms with Crippen molar-refractivity contribution < 1.29 is 0 Å². The highest BCUT2D eigenvalue weighted by atomic mass is 15.1. The predicted octanol–water partition coefficient (Wildman–Crippen LogP) is 3.27. The molecule has 1 saturated heterocycles. The Labute approximate surface area is 99.5 Å². The van der Waals surface area contributed by atoms with Crippen molar-refractivity contribution in [3.63, 3.8) is 0 Å². The highest BCUT2D eigenvalue weighted by Gasteiger charge is 2.17. The highest BCUT2D eigenvalue weighted by molar-refractivity contribution is 5.25. The summed E-state index contributed by atoms with van der Waals surface area (Å²) in [6.45, 7) is 8.48. The van der Waals surface area contributed by atoms with Gasteiger partial charge in [-0.15, -0.1) is 0 Å². The minimum absolute atomic E-state index is 0.915. The van der Waals surface area contributed by atoms with Crippen LogP contribution in [0.5, 0.6) is 0 Å². The summed E-state index contributed by atoms with van der Waals surface area (Å²) in [5, 5.41) is 0. The zero-order chi connectivity index (χ0) is 11.4. The van der Waals surface area contributed by atoms with E-state index in [0.717, 1.165) is 5.92 Å². The SMILES string of the molecule is Cc1ccccc1CCCN1CCC(C)C1. The third-order valence-electron chi connectivity index (χ3n) is 3.69. The van der Waals surface area contributed by atoms with Gasteiger partial charge in [-0.25, -0.2) is 0 Å². The Morgan fingerprint density at radius 2 is 2.12 bits per heavy atom. The molecule has 0 N–H and O–H groups in total. The van der Waals surface area contributed by atoms with E-state index in [1.807, 2.05) is 0 Å². The molecule has 1 nitrogen and oxygen atoms in total. The first kappa shape index (κ1) is 11.7. The lowest BCUT2D eigenvalue weighted by Crippen LogP contribution is -2.21. The average molecular weight is 217 g/mol. The van der Waals surface area contributed by atoms with Crippen LogP contribution in [0.15, 0.2) is 24.3 Å². The van der Waals surface area contributed by atoms with Crippen LogP contribution in [-0.4, -0.2) is 24.5 Å². The van der Waals surface area contributed by atoms with Crippen LogP contribution >= 0.6 is 0 Å². The second-order valence-electron chi connectivity index (χ2n) is 5.22. The van der Waals surface area contributed by atoms with Gasteiger partial charge in [0, 0.05) is 6.54 Å². The number of hydrogen-bond donors (Lipinski definition) is 0. The largest absolute Gasteiger partial charge is 0.303 e. The van der Waals surface area contributed by atoms with E-state index in [1.54, 1.807) is 0 Å². The van der Waals surface area contributed by atoms with Gasteiger partial charge in [0.05, 0.1) is 0 Å². The molecule has 1 aromatic rings. The summed E-state index contributed by atoms with van der Waals surface area (Å²) in [6, 6.07) is 8.76. The number of hydrogen-bond acceptors (Lipinski definition) is 1. The average Bonchev–Trinajstić information content (AvgIpc) is 2.67. The van der Waals surface area contributed by atoms with Gasteiger partial charge in [-0.1, -0.05) is 31.2 Å². The first-order chi connectivity index (χ1) is 7.75. The van der Waals surface area contributed by atoms with E-state index in [4.69, 9.17) is 0 Å². The molecule has 0 aromatic heterocycles. The Balaban J connectivity index is 1.74. The Hall–Kier alpha value is -0.820. The first-order valence-electron chi connectivity index (χ1n) is 6.52. The molecule has 0 bridgehead atoms. The van der Waals surface area contributed by atoms with Crippen molar-refractivity contribution in [2.45, 2.75) is 33.1 Å². The summed E-state index contributed by atoms with van der Waals surface area (Å²) in [6.07, 6.45) is 3.93. The molecule has 0 aliphatic carbocycles. The smallest absolute Gasteiger partial charge is 0.000750 e. The number of likely N-dealkylation sites (tertiary alicyclic amines) is 1. The summed E-state index contributed by atoms with van der Waals surface area (Å²) in [7, 11) is 0. The molecule has 1 unspecified atom stereocenters. The van der Waals surface area contributed by atoms with Crippen LogP contribution < -0.4 is 0 Å². The van der Waals surface area contributed by atoms with Crippen molar-refractivity contribution in [3.05, 3.63) is 35.4 Å². The molecule has 1 aliphatic heterocycles. The molecule has 88 valence electrons. The van der Waals surface area contributed by atoms with E-state index in [1.165, 1.54) is 50.0 Å². The van der Waals surface area contributed by atoms with Gasteiger partial charge in [0.2, 0.25) is 0 Å². The van der Waals surface area contributed by atoms with Gasteiger partial charge in [0.1, 0.15) is 0 Å². The van der Waals surface area contributed by atoms with Gasteiger partial charge >= 0.3 is 0 Å². The van der Waals surface area contributed by atoms with Crippen LogP contribution in [0.25, 0.3) is 0 Å². The maximum Gasteiger partial charge on any atom is 0.000750 e. The summed E-state index contributed by atoms with van der Waals surface area (Å²) in [4.78, 5) is 2.61. The molecule has 1 heterocycles. The van der Waals surface area contributed by atoms with Crippen LogP contribution in [0.3, 0.4) is 0 Å².